The maximum Gasteiger partial charge on any atom is 0.194 e. The number of halogens is 1. The number of aromatic nitrogens is 1. The SMILES string of the molecule is CCNC(=NCc1cccnc1N1CCN(C)CC1)N1CCSC(C(C)C)C1.I. The van der Waals surface area contributed by atoms with Gasteiger partial charge in [0.25, 0.3) is 0 Å². The van der Waals surface area contributed by atoms with Crippen LogP contribution in [0.2, 0.25) is 0 Å². The first-order valence-electron chi connectivity index (χ1n) is 10.6. The Morgan fingerprint density at radius 2 is 2.03 bits per heavy atom. The lowest BCUT2D eigenvalue weighted by molar-refractivity contribution is 0.312. The molecule has 0 aliphatic carbocycles. The molecule has 1 atom stereocenters. The molecule has 0 spiro atoms. The summed E-state index contributed by atoms with van der Waals surface area (Å²) < 4.78 is 0. The van der Waals surface area contributed by atoms with Gasteiger partial charge in [-0.3, -0.25) is 0 Å². The van der Waals surface area contributed by atoms with E-state index in [2.05, 4.69) is 65.7 Å². The van der Waals surface area contributed by atoms with Crippen molar-refractivity contribution >= 4 is 47.5 Å². The molecule has 1 aromatic rings. The number of nitrogens with zero attached hydrogens (tertiary/aromatic N) is 5. The van der Waals surface area contributed by atoms with Gasteiger partial charge in [0.1, 0.15) is 5.82 Å². The van der Waals surface area contributed by atoms with Crippen molar-refractivity contribution in [3.05, 3.63) is 23.9 Å². The molecule has 1 N–H and O–H groups in total. The maximum atomic E-state index is 5.02. The maximum absolute atomic E-state index is 5.02. The summed E-state index contributed by atoms with van der Waals surface area (Å²) in [5.41, 5.74) is 1.22. The van der Waals surface area contributed by atoms with Crippen LogP contribution in [0.3, 0.4) is 0 Å². The van der Waals surface area contributed by atoms with Gasteiger partial charge in [-0.25, -0.2) is 9.98 Å². The van der Waals surface area contributed by atoms with Crippen molar-refractivity contribution in [2.45, 2.75) is 32.6 Å². The van der Waals surface area contributed by atoms with Crippen molar-refractivity contribution in [1.29, 1.82) is 0 Å². The molecule has 3 rings (SSSR count). The normalized spacial score (nSPS) is 21.3. The van der Waals surface area contributed by atoms with Crippen LogP contribution >= 0.6 is 35.7 Å². The predicted molar refractivity (Wildman–Crippen MR) is 137 cm³/mol. The smallest absolute Gasteiger partial charge is 0.194 e. The van der Waals surface area contributed by atoms with E-state index < -0.39 is 0 Å². The number of hydrogen-bond acceptors (Lipinski definition) is 5. The van der Waals surface area contributed by atoms with Crippen LogP contribution in [-0.2, 0) is 6.54 Å². The van der Waals surface area contributed by atoms with Crippen LogP contribution in [0.5, 0.6) is 0 Å². The molecule has 29 heavy (non-hydrogen) atoms. The third-order valence-corrected chi connectivity index (χ3v) is 7.08. The van der Waals surface area contributed by atoms with Gasteiger partial charge in [-0.2, -0.15) is 11.8 Å². The molecule has 0 aromatic carbocycles. The summed E-state index contributed by atoms with van der Waals surface area (Å²) in [5.74, 6) is 4.01. The van der Waals surface area contributed by atoms with Crippen LogP contribution in [0.4, 0.5) is 5.82 Å². The van der Waals surface area contributed by atoms with E-state index in [0.717, 1.165) is 57.6 Å². The number of piperazine rings is 1. The number of thioether (sulfide) groups is 1. The van der Waals surface area contributed by atoms with Gasteiger partial charge in [-0.15, -0.1) is 24.0 Å². The van der Waals surface area contributed by atoms with Crippen LogP contribution in [-0.4, -0.2) is 84.6 Å². The largest absolute Gasteiger partial charge is 0.357 e. The van der Waals surface area contributed by atoms with Crippen LogP contribution in [0.1, 0.15) is 26.3 Å². The quantitative estimate of drug-likeness (QED) is 0.358. The van der Waals surface area contributed by atoms with E-state index in [-0.39, 0.29) is 24.0 Å². The van der Waals surface area contributed by atoms with Crippen molar-refractivity contribution in [1.82, 2.24) is 20.1 Å². The van der Waals surface area contributed by atoms with Crippen LogP contribution < -0.4 is 10.2 Å². The predicted octanol–water partition coefficient (Wildman–Crippen LogP) is 2.99. The van der Waals surface area contributed by atoms with E-state index in [1.54, 1.807) is 0 Å². The fourth-order valence-corrected chi connectivity index (χ4v) is 5.01. The lowest BCUT2D eigenvalue weighted by atomic mass is 10.1. The molecule has 1 unspecified atom stereocenters. The Morgan fingerprint density at radius 1 is 1.28 bits per heavy atom. The third kappa shape index (κ3) is 6.89. The lowest BCUT2D eigenvalue weighted by Crippen LogP contribution is -2.49. The zero-order chi connectivity index (χ0) is 19.9. The third-order valence-electron chi connectivity index (χ3n) is 5.54. The molecule has 164 valence electrons. The second-order valence-corrected chi connectivity index (χ2v) is 9.39. The van der Waals surface area contributed by atoms with Crippen molar-refractivity contribution < 1.29 is 0 Å². The zero-order valence-electron chi connectivity index (χ0n) is 18.3. The molecule has 0 bridgehead atoms. The summed E-state index contributed by atoms with van der Waals surface area (Å²) in [6, 6.07) is 4.21. The van der Waals surface area contributed by atoms with E-state index in [9.17, 15) is 0 Å². The molecular weight excluding hydrogens is 495 g/mol. The summed E-state index contributed by atoms with van der Waals surface area (Å²) in [4.78, 5) is 16.9. The van der Waals surface area contributed by atoms with Crippen LogP contribution in [0, 0.1) is 5.92 Å². The number of anilines is 1. The number of nitrogens with one attached hydrogen (secondary N) is 1. The van der Waals surface area contributed by atoms with Gasteiger partial charge < -0.3 is 20.0 Å². The topological polar surface area (TPSA) is 47.0 Å². The molecule has 3 heterocycles. The summed E-state index contributed by atoms with van der Waals surface area (Å²) in [5, 5.41) is 4.19. The molecule has 2 fully saturated rings. The van der Waals surface area contributed by atoms with Crippen molar-refractivity contribution in [3.8, 4) is 0 Å². The standard InChI is InChI=1S/C21H36N6S.HI/c1-5-22-21(27-13-14-28-19(16-27)17(2)3)24-15-18-7-6-8-23-20(18)26-11-9-25(4)10-12-26;/h6-8,17,19H,5,9-16H2,1-4H3,(H,22,24);1H. The van der Waals surface area contributed by atoms with E-state index in [0.29, 0.717) is 17.7 Å². The fourth-order valence-electron chi connectivity index (χ4n) is 3.71. The summed E-state index contributed by atoms with van der Waals surface area (Å²) in [7, 11) is 2.19. The number of pyridine rings is 1. The minimum atomic E-state index is 0. The van der Waals surface area contributed by atoms with E-state index in [1.165, 1.54) is 11.3 Å². The first kappa shape index (κ1) is 24.5. The highest BCUT2D eigenvalue weighted by Gasteiger charge is 2.25. The Morgan fingerprint density at radius 3 is 2.72 bits per heavy atom. The second kappa shape index (κ2) is 12.2. The summed E-state index contributed by atoms with van der Waals surface area (Å²) in [6.07, 6.45) is 1.90. The first-order chi connectivity index (χ1) is 13.6. The Bertz CT molecular complexity index is 648. The molecule has 2 aliphatic heterocycles. The van der Waals surface area contributed by atoms with Gasteiger partial charge in [0.2, 0.25) is 0 Å². The zero-order valence-corrected chi connectivity index (χ0v) is 21.5. The van der Waals surface area contributed by atoms with Crippen LogP contribution in [0.15, 0.2) is 23.3 Å². The molecule has 0 amide bonds. The molecular formula is C21H37IN6S. The molecule has 2 aliphatic rings. The van der Waals surface area contributed by atoms with Gasteiger partial charge in [-0.1, -0.05) is 19.9 Å². The highest BCUT2D eigenvalue weighted by Crippen LogP contribution is 2.25. The van der Waals surface area contributed by atoms with E-state index >= 15 is 0 Å². The molecule has 2 saturated heterocycles. The number of rotatable bonds is 5. The van der Waals surface area contributed by atoms with E-state index in [1.807, 2.05) is 12.3 Å². The van der Waals surface area contributed by atoms with Gasteiger partial charge in [0.05, 0.1) is 6.54 Å². The van der Waals surface area contributed by atoms with Crippen molar-refractivity contribution in [2.24, 2.45) is 10.9 Å². The van der Waals surface area contributed by atoms with Crippen molar-refractivity contribution in [3.63, 3.8) is 0 Å². The molecule has 1 aromatic heterocycles. The lowest BCUT2D eigenvalue weighted by Gasteiger charge is -2.36. The van der Waals surface area contributed by atoms with Gasteiger partial charge in [0.15, 0.2) is 5.96 Å². The molecule has 0 saturated carbocycles. The first-order valence-corrected chi connectivity index (χ1v) is 11.7. The molecule has 6 nitrogen and oxygen atoms in total. The Balaban J connectivity index is 0.00000300. The molecule has 8 heteroatoms. The minimum absolute atomic E-state index is 0. The Kier molecular flexibility index (Phi) is 10.3. The highest BCUT2D eigenvalue weighted by atomic mass is 127. The van der Waals surface area contributed by atoms with E-state index in [4.69, 9.17) is 9.98 Å². The summed E-state index contributed by atoms with van der Waals surface area (Å²) >= 11 is 2.10. The van der Waals surface area contributed by atoms with Crippen LogP contribution in [0.25, 0.3) is 0 Å². The van der Waals surface area contributed by atoms with Crippen molar-refractivity contribution in [2.75, 3.05) is 63.5 Å². The van der Waals surface area contributed by atoms with Gasteiger partial charge in [0, 0.05) is 68.6 Å². The number of guanidine groups is 1. The average Bonchev–Trinajstić information content (AvgIpc) is 2.72. The summed E-state index contributed by atoms with van der Waals surface area (Å²) in [6.45, 7) is 14.7. The second-order valence-electron chi connectivity index (χ2n) is 8.05. The number of likely N-dealkylation sites (N-methyl/N-ethyl adjacent to an activating group) is 1. The fraction of sp³-hybridized carbons (Fsp3) is 0.714. The van der Waals surface area contributed by atoms with Gasteiger partial charge >= 0.3 is 0 Å². The highest BCUT2D eigenvalue weighted by molar-refractivity contribution is 14.0. The Labute approximate surface area is 197 Å². The molecule has 0 radical (unpaired) electrons. The average molecular weight is 533 g/mol. The Hall–Kier alpha value is -0.740. The van der Waals surface area contributed by atoms with Gasteiger partial charge in [-0.05, 0) is 26.0 Å². The minimum Gasteiger partial charge on any atom is -0.357 e. The number of hydrogen-bond donors (Lipinski definition) is 1. The number of aliphatic imine (C=N–C) groups is 1. The monoisotopic (exact) mass is 532 g/mol.